The van der Waals surface area contributed by atoms with Crippen LogP contribution >= 0.6 is 0 Å². The first-order chi connectivity index (χ1) is 8.20. The maximum atomic E-state index is 11.9. The van der Waals surface area contributed by atoms with Crippen LogP contribution in [-0.2, 0) is 10.3 Å². The summed E-state index contributed by atoms with van der Waals surface area (Å²) in [6.07, 6.45) is 5.88. The molecule has 0 aliphatic carbocycles. The maximum Gasteiger partial charge on any atom is 1.00 e. The van der Waals surface area contributed by atoms with Crippen LogP contribution in [0.15, 0.2) is 30.5 Å². The summed E-state index contributed by atoms with van der Waals surface area (Å²) < 4.78 is 0. The van der Waals surface area contributed by atoms with Gasteiger partial charge in [-0.3, -0.25) is 6.42 Å². The Morgan fingerprint density at radius 1 is 1.39 bits per heavy atom. The van der Waals surface area contributed by atoms with Crippen LogP contribution in [0, 0.1) is 11.8 Å². The Hall–Kier alpha value is -0.394. The number of carbonyl (C=O) groups excluding carboxylic acids is 1. The average Bonchev–Trinajstić information content (AvgIpc) is 2.61. The van der Waals surface area contributed by atoms with Crippen LogP contribution in [0.5, 0.6) is 0 Å². The second kappa shape index (κ2) is 4.94. The van der Waals surface area contributed by atoms with Crippen LogP contribution in [0.3, 0.4) is 0 Å². The Morgan fingerprint density at radius 2 is 2.11 bits per heavy atom. The molecule has 1 fully saturated rings. The fraction of sp³-hybridized carbons (Fsp3) is 0.214. The molecule has 2 heterocycles. The molecule has 1 amide bonds. The van der Waals surface area contributed by atoms with Gasteiger partial charge in [-0.2, -0.15) is 0 Å². The molecular formula is C14H13KN2O. The Bertz CT molecular complexity index is 552. The van der Waals surface area contributed by atoms with E-state index in [4.69, 9.17) is 5.41 Å². The summed E-state index contributed by atoms with van der Waals surface area (Å²) in [5.74, 6) is -0.0948. The van der Waals surface area contributed by atoms with E-state index in [2.05, 4.69) is 0 Å². The van der Waals surface area contributed by atoms with Crippen LogP contribution in [-0.4, -0.2) is 16.5 Å². The zero-order valence-electron chi connectivity index (χ0n) is 10.6. The number of fused-ring (bicyclic) bond motifs is 3. The summed E-state index contributed by atoms with van der Waals surface area (Å²) in [5, 5.41) is 8.13. The van der Waals surface area contributed by atoms with Gasteiger partial charge in [-0.25, -0.2) is 0 Å². The van der Waals surface area contributed by atoms with Gasteiger partial charge in [0.15, 0.2) is 0 Å². The van der Waals surface area contributed by atoms with Crippen LogP contribution in [0.2, 0.25) is 0 Å². The minimum Gasteiger partial charge on any atom is -0.338 e. The molecule has 1 unspecified atom stereocenters. The van der Waals surface area contributed by atoms with Crippen molar-refractivity contribution in [2.45, 2.75) is 18.9 Å². The number of benzene rings is 1. The van der Waals surface area contributed by atoms with E-state index < -0.39 is 5.54 Å². The molecule has 2 aliphatic rings. The van der Waals surface area contributed by atoms with Crippen molar-refractivity contribution in [3.63, 3.8) is 0 Å². The van der Waals surface area contributed by atoms with Gasteiger partial charge in [0.1, 0.15) is 0 Å². The quantitative estimate of drug-likeness (QED) is 0.531. The molecule has 86 valence electrons. The number of hydrogen-bond acceptors (Lipinski definition) is 2. The van der Waals surface area contributed by atoms with Crippen molar-refractivity contribution in [3.05, 3.63) is 48.0 Å². The van der Waals surface area contributed by atoms with Crippen LogP contribution in [0.25, 0.3) is 6.08 Å². The predicted octanol–water partition coefficient (Wildman–Crippen LogP) is -0.654. The van der Waals surface area contributed by atoms with E-state index in [1.165, 1.54) is 6.42 Å². The first kappa shape index (κ1) is 14.0. The summed E-state index contributed by atoms with van der Waals surface area (Å²) in [5.41, 5.74) is 1.96. The Morgan fingerprint density at radius 3 is 2.83 bits per heavy atom. The normalized spacial score (nSPS) is 24.2. The molecule has 3 rings (SSSR count). The third-order valence-corrected chi connectivity index (χ3v) is 3.68. The second-order valence-corrected chi connectivity index (χ2v) is 4.38. The fourth-order valence-corrected chi connectivity index (χ4v) is 2.83. The predicted molar refractivity (Wildman–Crippen MR) is 66.3 cm³/mol. The second-order valence-electron chi connectivity index (χ2n) is 4.38. The smallest absolute Gasteiger partial charge is 0.338 e. The number of nitrogens with one attached hydrogen (secondary N) is 1. The van der Waals surface area contributed by atoms with E-state index in [1.54, 1.807) is 11.1 Å². The van der Waals surface area contributed by atoms with Gasteiger partial charge in [-0.05, 0) is 23.6 Å². The Labute approximate surface area is 149 Å². The number of rotatable bonds is 1. The third kappa shape index (κ3) is 1.67. The van der Waals surface area contributed by atoms with E-state index in [0.29, 0.717) is 5.71 Å². The van der Waals surface area contributed by atoms with Crippen molar-refractivity contribution in [2.75, 3.05) is 0 Å². The van der Waals surface area contributed by atoms with E-state index in [-0.39, 0.29) is 57.3 Å². The maximum absolute atomic E-state index is 11.9. The van der Waals surface area contributed by atoms with Crippen LogP contribution in [0.1, 0.15) is 24.5 Å². The van der Waals surface area contributed by atoms with Crippen molar-refractivity contribution in [2.24, 2.45) is 0 Å². The summed E-state index contributed by atoms with van der Waals surface area (Å²) in [4.78, 5) is 13.5. The van der Waals surface area contributed by atoms with Gasteiger partial charge in [0, 0.05) is 6.20 Å². The number of amides is 1. The number of hydrogen-bond donors (Lipinski definition) is 1. The van der Waals surface area contributed by atoms with Crippen molar-refractivity contribution in [3.8, 4) is 0 Å². The van der Waals surface area contributed by atoms with Crippen molar-refractivity contribution < 1.29 is 56.2 Å². The molecule has 1 saturated heterocycles. The molecule has 4 heteroatoms. The van der Waals surface area contributed by atoms with Gasteiger partial charge in [0.05, 0.1) is 11.4 Å². The molecule has 3 nitrogen and oxygen atoms in total. The summed E-state index contributed by atoms with van der Waals surface area (Å²) in [6.45, 7) is 2.02. The fourth-order valence-electron chi connectivity index (χ4n) is 2.83. The van der Waals surface area contributed by atoms with Gasteiger partial charge >= 0.3 is 51.4 Å². The monoisotopic (exact) mass is 264 g/mol. The molecule has 2 aliphatic heterocycles. The van der Waals surface area contributed by atoms with Gasteiger partial charge in [0.2, 0.25) is 0 Å². The first-order valence-electron chi connectivity index (χ1n) is 5.75. The van der Waals surface area contributed by atoms with E-state index in [0.717, 1.165) is 17.5 Å². The van der Waals surface area contributed by atoms with Crippen molar-refractivity contribution in [1.82, 2.24) is 4.90 Å². The molecule has 0 bridgehead atoms. The summed E-state index contributed by atoms with van der Waals surface area (Å²) in [6, 6.07) is 7.98. The average molecular weight is 264 g/mol. The van der Waals surface area contributed by atoms with E-state index in [1.807, 2.05) is 37.3 Å². The molecule has 0 spiro atoms. The molecule has 0 aromatic heterocycles. The van der Waals surface area contributed by atoms with Gasteiger partial charge in [0.25, 0.3) is 0 Å². The molecule has 0 radical (unpaired) electrons. The topological polar surface area (TPSA) is 44.2 Å². The first-order valence-corrected chi connectivity index (χ1v) is 5.75. The Kier molecular flexibility index (Phi) is 3.85. The van der Waals surface area contributed by atoms with Gasteiger partial charge in [-0.15, -0.1) is 0 Å². The third-order valence-electron chi connectivity index (χ3n) is 3.68. The Balaban J connectivity index is 0.00000120. The molecule has 1 atom stereocenters. The van der Waals surface area contributed by atoms with Crippen LogP contribution < -0.4 is 51.4 Å². The molecule has 0 saturated carbocycles. The zero-order chi connectivity index (χ0) is 12.0. The molecule has 18 heavy (non-hydrogen) atoms. The summed E-state index contributed by atoms with van der Waals surface area (Å²) in [7, 11) is 0. The number of carbonyl (C=O) groups is 1. The van der Waals surface area contributed by atoms with Crippen molar-refractivity contribution >= 4 is 17.7 Å². The minimum absolute atomic E-state index is 0. The molecule has 1 aromatic carbocycles. The van der Waals surface area contributed by atoms with E-state index in [9.17, 15) is 4.79 Å². The van der Waals surface area contributed by atoms with Crippen molar-refractivity contribution in [1.29, 1.82) is 5.41 Å². The number of nitrogens with zero attached hydrogens (tertiary/aromatic N) is 1. The zero-order valence-corrected chi connectivity index (χ0v) is 13.7. The SMILES string of the molecule is CCC12C(=N)[CH-]C(=O)N1C=Cc1ccccc12.[K+]. The van der Waals surface area contributed by atoms with Crippen LogP contribution in [0.4, 0.5) is 0 Å². The van der Waals surface area contributed by atoms with E-state index >= 15 is 0 Å². The summed E-state index contributed by atoms with van der Waals surface area (Å²) >= 11 is 0. The molecular weight excluding hydrogens is 251 g/mol. The van der Waals surface area contributed by atoms with Gasteiger partial charge < -0.3 is 15.1 Å². The largest absolute Gasteiger partial charge is 1.00 e. The molecule has 1 aromatic rings. The van der Waals surface area contributed by atoms with Gasteiger partial charge in [-0.1, -0.05) is 36.9 Å². The standard InChI is InChI=1S/C14H13N2O.K/c1-2-14-11-6-4-3-5-10(11)7-8-16(14)13(17)9-12(14)15;/h3-9,15H,2H2,1H3;/q-1;+1. The molecule has 1 N–H and O–H groups in total. The minimum atomic E-state index is -0.581.